The summed E-state index contributed by atoms with van der Waals surface area (Å²) in [5.41, 5.74) is 1.73. The van der Waals surface area contributed by atoms with Gasteiger partial charge >= 0.3 is 0 Å². The van der Waals surface area contributed by atoms with Crippen molar-refractivity contribution in [2.45, 2.75) is 64.9 Å². The standard InChI is InChI=1S/C21H29NO3/c1-12-10-20(3)15(7-8-21(20,4)24)14-6-5-13-9-17(23)16(22-25)11-19(13,2)18(12)14/h9,14-15,18,24-25H,1,5-8,10-11H2,2-4H3/t14-,15-,18+,19-,20-,21?/m0/s1. The maximum absolute atomic E-state index is 12.2. The SMILES string of the molecule is C=C1C[C@@]2(C)[C@@H](CCC2(C)O)[C@@H]2CCC3=CC(=O)C(=NO)C[C@]3(C)[C@H]12. The summed E-state index contributed by atoms with van der Waals surface area (Å²) in [6.45, 7) is 10.9. The van der Waals surface area contributed by atoms with Crippen molar-refractivity contribution in [1.82, 2.24) is 0 Å². The molecule has 4 aliphatic carbocycles. The van der Waals surface area contributed by atoms with Crippen LogP contribution in [0.5, 0.6) is 0 Å². The summed E-state index contributed by atoms with van der Waals surface area (Å²) in [5, 5.41) is 23.6. The number of hydrogen-bond donors (Lipinski definition) is 2. The first-order valence-corrected chi connectivity index (χ1v) is 9.50. The van der Waals surface area contributed by atoms with Crippen LogP contribution in [0.15, 0.2) is 29.0 Å². The van der Waals surface area contributed by atoms with E-state index in [-0.39, 0.29) is 22.3 Å². The molecule has 4 nitrogen and oxygen atoms in total. The second-order valence-corrected chi connectivity index (χ2v) is 9.53. The van der Waals surface area contributed by atoms with Crippen LogP contribution in [0.3, 0.4) is 0 Å². The molecule has 0 aromatic rings. The number of aliphatic hydroxyl groups is 1. The van der Waals surface area contributed by atoms with Gasteiger partial charge in [0, 0.05) is 17.3 Å². The Bertz CT molecular complexity index is 719. The molecule has 2 N–H and O–H groups in total. The van der Waals surface area contributed by atoms with Crippen molar-refractivity contribution >= 4 is 11.5 Å². The molecular weight excluding hydrogens is 314 g/mol. The Balaban J connectivity index is 1.78. The fourth-order valence-corrected chi connectivity index (χ4v) is 6.88. The number of allylic oxidation sites excluding steroid dienone is 2. The molecule has 6 atom stereocenters. The van der Waals surface area contributed by atoms with Crippen LogP contribution in [0.2, 0.25) is 0 Å². The molecule has 4 aliphatic rings. The maximum atomic E-state index is 12.2. The van der Waals surface area contributed by atoms with Gasteiger partial charge in [0.05, 0.1) is 5.60 Å². The molecule has 0 bridgehead atoms. The van der Waals surface area contributed by atoms with E-state index in [4.69, 9.17) is 0 Å². The molecule has 0 amide bonds. The fourth-order valence-electron chi connectivity index (χ4n) is 6.88. The first kappa shape index (κ1) is 17.0. The van der Waals surface area contributed by atoms with E-state index in [1.165, 1.54) is 11.1 Å². The number of fused-ring (bicyclic) bond motifs is 5. The zero-order valence-electron chi connectivity index (χ0n) is 15.5. The third-order valence-corrected chi connectivity index (χ3v) is 8.38. The zero-order valence-corrected chi connectivity index (χ0v) is 15.5. The second-order valence-electron chi connectivity index (χ2n) is 9.53. The van der Waals surface area contributed by atoms with Crippen LogP contribution in [0.1, 0.15) is 59.3 Å². The van der Waals surface area contributed by atoms with Crippen molar-refractivity contribution in [3.63, 3.8) is 0 Å². The molecule has 0 aromatic heterocycles. The van der Waals surface area contributed by atoms with Crippen molar-refractivity contribution in [2.24, 2.45) is 33.7 Å². The zero-order chi connectivity index (χ0) is 18.2. The number of ketones is 1. The minimum absolute atomic E-state index is 0.110. The highest BCUT2D eigenvalue weighted by Gasteiger charge is 2.63. The number of carbonyl (C=O) groups excluding carboxylic acids is 1. The highest BCUT2D eigenvalue weighted by molar-refractivity contribution is 6.44. The van der Waals surface area contributed by atoms with Gasteiger partial charge in [0.2, 0.25) is 5.78 Å². The molecule has 25 heavy (non-hydrogen) atoms. The number of rotatable bonds is 0. The second kappa shape index (κ2) is 5.06. The minimum Gasteiger partial charge on any atom is -0.411 e. The van der Waals surface area contributed by atoms with Gasteiger partial charge < -0.3 is 10.3 Å². The third-order valence-electron chi connectivity index (χ3n) is 8.38. The van der Waals surface area contributed by atoms with Crippen LogP contribution in [-0.4, -0.2) is 27.4 Å². The number of nitrogens with zero attached hydrogens (tertiary/aromatic N) is 1. The van der Waals surface area contributed by atoms with Crippen LogP contribution in [0.4, 0.5) is 0 Å². The lowest BCUT2D eigenvalue weighted by Gasteiger charge is -2.59. The first-order chi connectivity index (χ1) is 11.6. The van der Waals surface area contributed by atoms with Gasteiger partial charge in [0.25, 0.3) is 0 Å². The Morgan fingerprint density at radius 3 is 2.64 bits per heavy atom. The molecule has 136 valence electrons. The Morgan fingerprint density at radius 2 is 1.96 bits per heavy atom. The highest BCUT2D eigenvalue weighted by atomic mass is 16.4. The smallest absolute Gasteiger partial charge is 0.203 e. The summed E-state index contributed by atoms with van der Waals surface area (Å²) >= 11 is 0. The fraction of sp³-hybridized carbons (Fsp3) is 0.714. The molecule has 4 heteroatoms. The van der Waals surface area contributed by atoms with Gasteiger partial charge in [-0.2, -0.15) is 0 Å². The lowest BCUT2D eigenvalue weighted by Crippen LogP contribution is -2.55. The Morgan fingerprint density at radius 1 is 1.24 bits per heavy atom. The van der Waals surface area contributed by atoms with Gasteiger partial charge in [-0.15, -0.1) is 0 Å². The molecule has 0 saturated heterocycles. The number of oxime groups is 1. The molecule has 0 spiro atoms. The topological polar surface area (TPSA) is 69.9 Å². The van der Waals surface area contributed by atoms with Crippen molar-refractivity contribution in [3.05, 3.63) is 23.8 Å². The highest BCUT2D eigenvalue weighted by Crippen LogP contribution is 2.68. The van der Waals surface area contributed by atoms with E-state index in [1.807, 2.05) is 6.92 Å². The third kappa shape index (κ3) is 2.03. The van der Waals surface area contributed by atoms with Gasteiger partial charge in [-0.1, -0.05) is 36.7 Å². The maximum Gasteiger partial charge on any atom is 0.203 e. The quantitative estimate of drug-likeness (QED) is 0.398. The number of carbonyl (C=O) groups is 1. The van der Waals surface area contributed by atoms with Crippen LogP contribution in [0, 0.1) is 28.6 Å². The van der Waals surface area contributed by atoms with E-state index < -0.39 is 5.60 Å². The molecular formula is C21H29NO3. The molecule has 1 unspecified atom stereocenters. The Kier molecular flexibility index (Phi) is 3.45. The lowest BCUT2D eigenvalue weighted by molar-refractivity contribution is -0.110. The average molecular weight is 343 g/mol. The summed E-state index contributed by atoms with van der Waals surface area (Å²) in [4.78, 5) is 12.2. The summed E-state index contributed by atoms with van der Waals surface area (Å²) < 4.78 is 0. The summed E-state index contributed by atoms with van der Waals surface area (Å²) in [6.07, 6.45) is 6.94. The summed E-state index contributed by atoms with van der Waals surface area (Å²) in [5.74, 6) is 1.12. The van der Waals surface area contributed by atoms with E-state index in [0.717, 1.165) is 32.1 Å². The van der Waals surface area contributed by atoms with E-state index in [9.17, 15) is 15.1 Å². The van der Waals surface area contributed by atoms with Gasteiger partial charge in [-0.05, 0) is 62.9 Å². The Labute approximate surface area is 149 Å². The molecule has 3 saturated carbocycles. The van der Waals surface area contributed by atoms with Crippen molar-refractivity contribution in [1.29, 1.82) is 0 Å². The van der Waals surface area contributed by atoms with Crippen molar-refractivity contribution in [3.8, 4) is 0 Å². The Hall–Kier alpha value is -1.42. The van der Waals surface area contributed by atoms with E-state index in [0.29, 0.717) is 24.2 Å². The van der Waals surface area contributed by atoms with Gasteiger partial charge in [0.15, 0.2) is 0 Å². The molecule has 4 rings (SSSR count). The van der Waals surface area contributed by atoms with Crippen molar-refractivity contribution < 1.29 is 15.1 Å². The van der Waals surface area contributed by atoms with Crippen LogP contribution in [0.25, 0.3) is 0 Å². The van der Waals surface area contributed by atoms with Crippen LogP contribution >= 0.6 is 0 Å². The average Bonchev–Trinajstić information content (AvgIpc) is 2.76. The molecule has 0 radical (unpaired) electrons. The van der Waals surface area contributed by atoms with E-state index in [2.05, 4.69) is 25.6 Å². The molecule has 3 fully saturated rings. The lowest BCUT2D eigenvalue weighted by atomic mass is 9.45. The largest absolute Gasteiger partial charge is 0.411 e. The van der Waals surface area contributed by atoms with Crippen molar-refractivity contribution in [2.75, 3.05) is 0 Å². The van der Waals surface area contributed by atoms with Crippen LogP contribution in [-0.2, 0) is 4.79 Å². The summed E-state index contributed by atoms with van der Waals surface area (Å²) in [6, 6.07) is 0. The minimum atomic E-state index is -0.636. The molecule has 0 heterocycles. The van der Waals surface area contributed by atoms with Crippen LogP contribution < -0.4 is 0 Å². The normalized spacial score (nSPS) is 51.0. The van der Waals surface area contributed by atoms with Gasteiger partial charge in [0.1, 0.15) is 5.71 Å². The van der Waals surface area contributed by atoms with Gasteiger partial charge in [-0.25, -0.2) is 0 Å². The monoisotopic (exact) mass is 343 g/mol. The molecule has 0 aromatic carbocycles. The first-order valence-electron chi connectivity index (χ1n) is 9.50. The van der Waals surface area contributed by atoms with E-state index >= 15 is 0 Å². The predicted molar refractivity (Wildman–Crippen MR) is 96.5 cm³/mol. The van der Waals surface area contributed by atoms with E-state index in [1.54, 1.807) is 6.08 Å². The predicted octanol–water partition coefficient (Wildman–Crippen LogP) is 3.88. The number of hydrogen-bond acceptors (Lipinski definition) is 4. The summed E-state index contributed by atoms with van der Waals surface area (Å²) in [7, 11) is 0. The van der Waals surface area contributed by atoms with Gasteiger partial charge in [-0.3, -0.25) is 4.79 Å². The molecule has 0 aliphatic heterocycles.